The predicted molar refractivity (Wildman–Crippen MR) is 146 cm³/mol. The first-order valence-corrected chi connectivity index (χ1v) is 13.4. The van der Waals surface area contributed by atoms with Crippen molar-refractivity contribution < 1.29 is 28.5 Å². The highest BCUT2D eigenvalue weighted by atomic mass is 79.9. The number of carbonyl (C=O) groups excluding carboxylic acids is 2. The molecule has 2 aromatic carbocycles. The zero-order valence-electron chi connectivity index (χ0n) is 20.7. The maximum absolute atomic E-state index is 12.4. The van der Waals surface area contributed by atoms with Crippen LogP contribution in [0.25, 0.3) is 0 Å². The number of hydrogen-bond acceptors (Lipinski definition) is 6. The van der Waals surface area contributed by atoms with Crippen molar-refractivity contribution in [3.63, 3.8) is 0 Å². The van der Waals surface area contributed by atoms with Gasteiger partial charge in [-0.1, -0.05) is 12.8 Å². The number of ether oxygens (including phenoxy) is 4. The van der Waals surface area contributed by atoms with Crippen molar-refractivity contribution in [1.82, 2.24) is 10.6 Å². The van der Waals surface area contributed by atoms with E-state index in [2.05, 4.69) is 42.5 Å². The lowest BCUT2D eigenvalue weighted by Gasteiger charge is -2.10. The van der Waals surface area contributed by atoms with Crippen LogP contribution in [-0.4, -0.2) is 65.6 Å². The van der Waals surface area contributed by atoms with Crippen LogP contribution in [-0.2, 0) is 9.47 Å². The molecule has 0 atom stereocenters. The molecule has 0 aliphatic carbocycles. The van der Waals surface area contributed by atoms with Crippen molar-refractivity contribution in [2.45, 2.75) is 25.7 Å². The molecule has 10 heteroatoms. The summed E-state index contributed by atoms with van der Waals surface area (Å²) in [7, 11) is 3.24. The fourth-order valence-corrected chi connectivity index (χ4v) is 4.19. The highest BCUT2D eigenvalue weighted by molar-refractivity contribution is 9.10. The number of carbonyl (C=O) groups is 2. The van der Waals surface area contributed by atoms with E-state index in [1.54, 1.807) is 50.6 Å². The molecular weight excluding hydrogens is 596 g/mol. The number of unbranched alkanes of at least 4 members (excludes halogenated alkanes) is 3. The molecular formula is C26H34Br2N2O6. The third-order valence-electron chi connectivity index (χ3n) is 5.15. The van der Waals surface area contributed by atoms with Crippen LogP contribution in [0.5, 0.6) is 11.5 Å². The first-order chi connectivity index (χ1) is 17.5. The largest absolute Gasteiger partial charge is 0.490 e. The van der Waals surface area contributed by atoms with Crippen molar-refractivity contribution in [3.05, 3.63) is 56.5 Å². The lowest BCUT2D eigenvalue weighted by molar-refractivity contribution is 0.0943. The average molecular weight is 630 g/mol. The Morgan fingerprint density at radius 1 is 0.667 bits per heavy atom. The van der Waals surface area contributed by atoms with E-state index in [0.717, 1.165) is 34.6 Å². The van der Waals surface area contributed by atoms with Crippen LogP contribution in [0.3, 0.4) is 0 Å². The monoisotopic (exact) mass is 628 g/mol. The van der Waals surface area contributed by atoms with E-state index in [0.29, 0.717) is 62.1 Å². The molecule has 0 aliphatic rings. The van der Waals surface area contributed by atoms with Crippen molar-refractivity contribution >= 4 is 43.7 Å². The lowest BCUT2D eigenvalue weighted by atomic mass is 10.1. The summed E-state index contributed by atoms with van der Waals surface area (Å²) in [5, 5.41) is 5.88. The first-order valence-electron chi connectivity index (χ1n) is 11.8. The Balaban J connectivity index is 1.59. The minimum atomic E-state index is -0.118. The molecule has 0 saturated heterocycles. The summed E-state index contributed by atoms with van der Waals surface area (Å²) >= 11 is 6.88. The van der Waals surface area contributed by atoms with Crippen LogP contribution in [0, 0.1) is 0 Å². The van der Waals surface area contributed by atoms with Crippen molar-refractivity contribution in [2.75, 3.05) is 53.7 Å². The Morgan fingerprint density at radius 2 is 1.08 bits per heavy atom. The zero-order chi connectivity index (χ0) is 26.2. The van der Waals surface area contributed by atoms with Crippen LogP contribution >= 0.6 is 31.9 Å². The van der Waals surface area contributed by atoms with Gasteiger partial charge in [0.1, 0.15) is 24.7 Å². The summed E-state index contributed by atoms with van der Waals surface area (Å²) in [6.45, 7) is 3.08. The average Bonchev–Trinajstić information content (AvgIpc) is 2.87. The molecule has 0 bridgehead atoms. The Labute approximate surface area is 229 Å². The zero-order valence-corrected chi connectivity index (χ0v) is 23.9. The maximum atomic E-state index is 12.4. The van der Waals surface area contributed by atoms with Gasteiger partial charge in [0.25, 0.3) is 11.8 Å². The maximum Gasteiger partial charge on any atom is 0.251 e. The molecule has 0 saturated carbocycles. The van der Waals surface area contributed by atoms with E-state index < -0.39 is 0 Å². The Bertz CT molecular complexity index is 896. The number of methoxy groups -OCH3 is 2. The number of benzene rings is 2. The fourth-order valence-electron chi connectivity index (χ4n) is 3.20. The van der Waals surface area contributed by atoms with E-state index in [4.69, 9.17) is 18.9 Å². The van der Waals surface area contributed by atoms with E-state index >= 15 is 0 Å². The molecule has 0 fully saturated rings. The van der Waals surface area contributed by atoms with Crippen LogP contribution in [0.1, 0.15) is 46.4 Å². The molecule has 0 aromatic heterocycles. The van der Waals surface area contributed by atoms with Gasteiger partial charge in [-0.2, -0.15) is 0 Å². The summed E-state index contributed by atoms with van der Waals surface area (Å²) in [6.07, 6.45) is 3.67. The molecule has 8 nitrogen and oxygen atoms in total. The highest BCUT2D eigenvalue weighted by Crippen LogP contribution is 2.27. The van der Waals surface area contributed by atoms with Gasteiger partial charge in [0.05, 0.1) is 22.2 Å². The highest BCUT2D eigenvalue weighted by Gasteiger charge is 2.10. The molecule has 2 rings (SSSR count). The van der Waals surface area contributed by atoms with E-state index in [1.165, 1.54) is 0 Å². The molecule has 36 heavy (non-hydrogen) atoms. The minimum Gasteiger partial charge on any atom is -0.490 e. The van der Waals surface area contributed by atoms with Crippen molar-refractivity contribution in [1.29, 1.82) is 0 Å². The summed E-state index contributed by atoms with van der Waals surface area (Å²) in [6, 6.07) is 10.5. The van der Waals surface area contributed by atoms with E-state index in [-0.39, 0.29) is 11.8 Å². The molecule has 0 unspecified atom stereocenters. The Hall–Kier alpha value is -2.14. The summed E-state index contributed by atoms with van der Waals surface area (Å²) in [5.41, 5.74) is 1.15. The quantitative estimate of drug-likeness (QED) is 0.240. The van der Waals surface area contributed by atoms with Gasteiger partial charge >= 0.3 is 0 Å². The second-order valence-corrected chi connectivity index (χ2v) is 9.61. The summed E-state index contributed by atoms with van der Waals surface area (Å²) in [4.78, 5) is 24.7. The van der Waals surface area contributed by atoms with Crippen LogP contribution in [0.2, 0.25) is 0 Å². The fraction of sp³-hybridized carbons (Fsp3) is 0.462. The number of hydrogen-bond donors (Lipinski definition) is 2. The van der Waals surface area contributed by atoms with Gasteiger partial charge in [0.15, 0.2) is 0 Å². The van der Waals surface area contributed by atoms with Gasteiger partial charge < -0.3 is 29.6 Å². The Morgan fingerprint density at radius 3 is 1.44 bits per heavy atom. The number of rotatable bonds is 17. The normalized spacial score (nSPS) is 10.7. The number of amides is 2. The molecule has 0 radical (unpaired) electrons. The van der Waals surface area contributed by atoms with E-state index in [1.807, 2.05) is 0 Å². The second-order valence-electron chi connectivity index (χ2n) is 7.90. The van der Waals surface area contributed by atoms with Gasteiger partial charge in [-0.25, -0.2) is 0 Å². The molecule has 2 N–H and O–H groups in total. The van der Waals surface area contributed by atoms with Gasteiger partial charge in [0.2, 0.25) is 0 Å². The number of nitrogens with one attached hydrogen (secondary N) is 2. The van der Waals surface area contributed by atoms with Gasteiger partial charge in [-0.15, -0.1) is 0 Å². The van der Waals surface area contributed by atoms with Crippen molar-refractivity contribution in [2.24, 2.45) is 0 Å². The number of halogens is 2. The smallest absolute Gasteiger partial charge is 0.251 e. The van der Waals surface area contributed by atoms with Crippen LogP contribution in [0.15, 0.2) is 45.3 Å². The molecule has 198 valence electrons. The van der Waals surface area contributed by atoms with Crippen LogP contribution in [0.4, 0.5) is 0 Å². The van der Waals surface area contributed by atoms with Gasteiger partial charge in [-0.3, -0.25) is 9.59 Å². The first kappa shape index (κ1) is 30.1. The molecule has 2 aromatic rings. The third kappa shape index (κ3) is 10.9. The molecule has 0 heterocycles. The van der Waals surface area contributed by atoms with Crippen molar-refractivity contribution in [3.8, 4) is 11.5 Å². The third-order valence-corrected chi connectivity index (χ3v) is 6.39. The topological polar surface area (TPSA) is 95.1 Å². The van der Waals surface area contributed by atoms with Gasteiger partial charge in [-0.05, 0) is 81.1 Å². The minimum absolute atomic E-state index is 0.118. The lowest BCUT2D eigenvalue weighted by Crippen LogP contribution is -2.25. The van der Waals surface area contributed by atoms with Crippen LogP contribution < -0.4 is 20.1 Å². The summed E-state index contributed by atoms with van der Waals surface area (Å²) < 4.78 is 22.6. The Kier molecular flexibility index (Phi) is 14.5. The van der Waals surface area contributed by atoms with Gasteiger partial charge in [0, 0.05) is 38.4 Å². The molecule has 2 amide bonds. The predicted octanol–water partition coefficient (Wildman–Crippen LogP) is 4.98. The molecule has 0 aliphatic heterocycles. The summed E-state index contributed by atoms with van der Waals surface area (Å²) in [5.74, 6) is 1.11. The second kappa shape index (κ2) is 17.3. The van der Waals surface area contributed by atoms with E-state index in [9.17, 15) is 9.59 Å². The standard InChI is InChI=1S/C26H34Br2N2O6/c1-33-13-15-35-23-9-7-19(17-21(23)27)25(31)29-11-5-3-4-6-12-30-26(32)20-8-10-24(22(28)18-20)36-16-14-34-2/h7-10,17-18H,3-6,11-16H2,1-2H3,(H,29,31)(H,30,32). The molecule has 0 spiro atoms. The SMILES string of the molecule is COCCOc1ccc(C(=O)NCCCCCCNC(=O)c2ccc(OCCOC)c(Br)c2)cc1Br.